The number of ether oxygens (including phenoxy) is 2. The molecule has 3 heterocycles. The Bertz CT molecular complexity index is 1200. The second-order valence-corrected chi connectivity index (χ2v) is 9.38. The number of furan rings is 1. The fourth-order valence-electron chi connectivity index (χ4n) is 4.36. The van der Waals surface area contributed by atoms with Crippen LogP contribution in [-0.2, 0) is 28.9 Å². The highest BCUT2D eigenvalue weighted by molar-refractivity contribution is 7.17. The van der Waals surface area contributed by atoms with Crippen molar-refractivity contribution in [3.8, 4) is 0 Å². The summed E-state index contributed by atoms with van der Waals surface area (Å²) in [6, 6.07) is 5.01. The third-order valence-corrected chi connectivity index (χ3v) is 7.24. The number of nitrogens with zero attached hydrogens (tertiary/aromatic N) is 1. The lowest BCUT2D eigenvalue weighted by Crippen LogP contribution is -2.18. The molecule has 9 heteroatoms. The summed E-state index contributed by atoms with van der Waals surface area (Å²) >= 11 is 1.38. The van der Waals surface area contributed by atoms with Gasteiger partial charge in [-0.05, 0) is 63.3 Å². The Morgan fingerprint density at radius 1 is 1.24 bits per heavy atom. The lowest BCUT2D eigenvalue weighted by atomic mass is 10.1. The van der Waals surface area contributed by atoms with E-state index in [0.717, 1.165) is 54.1 Å². The highest BCUT2D eigenvalue weighted by Gasteiger charge is 2.29. The molecule has 1 amide bonds. The van der Waals surface area contributed by atoms with E-state index in [1.54, 1.807) is 19.2 Å². The summed E-state index contributed by atoms with van der Waals surface area (Å²) < 4.78 is 17.8. The lowest BCUT2D eigenvalue weighted by Gasteiger charge is -2.10. The van der Waals surface area contributed by atoms with E-state index in [1.807, 2.05) is 19.9 Å². The number of hydrogen-bond acceptors (Lipinski definition) is 7. The van der Waals surface area contributed by atoms with Crippen molar-refractivity contribution in [3.63, 3.8) is 0 Å². The first kappa shape index (κ1) is 24.0. The maximum absolute atomic E-state index is 13.1. The van der Waals surface area contributed by atoms with Gasteiger partial charge in [-0.3, -0.25) is 9.59 Å². The minimum Gasteiger partial charge on any atom is -0.459 e. The zero-order valence-corrected chi connectivity index (χ0v) is 20.4. The summed E-state index contributed by atoms with van der Waals surface area (Å²) in [5.74, 6) is -1.14. The molecule has 0 aromatic carbocycles. The molecule has 0 aliphatic heterocycles. The molecule has 3 aromatic heterocycles. The van der Waals surface area contributed by atoms with E-state index in [-0.39, 0.29) is 18.2 Å². The zero-order chi connectivity index (χ0) is 24.2. The van der Waals surface area contributed by atoms with Crippen LogP contribution in [-0.4, -0.2) is 42.6 Å². The van der Waals surface area contributed by atoms with Crippen molar-refractivity contribution < 1.29 is 28.3 Å². The third-order valence-electron chi connectivity index (χ3n) is 6.04. The van der Waals surface area contributed by atoms with Gasteiger partial charge in [0.15, 0.2) is 12.4 Å². The molecular formula is C25H28N2O6S. The smallest absolute Gasteiger partial charge is 0.341 e. The van der Waals surface area contributed by atoms with Gasteiger partial charge in [0.25, 0.3) is 5.91 Å². The number of Topliss-reactive ketones (excluding diaryl/α,β-unsaturated/α-hetero) is 1. The fraction of sp³-hybridized carbons (Fsp3) is 0.400. The van der Waals surface area contributed by atoms with Crippen LogP contribution in [0.4, 0.5) is 5.00 Å². The molecular weight excluding hydrogens is 456 g/mol. The number of nitrogens with one attached hydrogen (secondary N) is 1. The Balaban J connectivity index is 1.47. The second-order valence-electron chi connectivity index (χ2n) is 8.27. The Labute approximate surface area is 201 Å². The summed E-state index contributed by atoms with van der Waals surface area (Å²) in [5, 5.41) is 3.20. The molecule has 180 valence electrons. The monoisotopic (exact) mass is 484 g/mol. The summed E-state index contributed by atoms with van der Waals surface area (Å²) in [6.07, 6.45) is 4.79. The number of aromatic nitrogens is 1. The van der Waals surface area contributed by atoms with Crippen molar-refractivity contribution >= 4 is 34.0 Å². The van der Waals surface area contributed by atoms with Crippen LogP contribution < -0.4 is 5.32 Å². The van der Waals surface area contributed by atoms with Gasteiger partial charge in [-0.25, -0.2) is 4.79 Å². The topological polar surface area (TPSA) is 99.8 Å². The standard InChI is InChI=1S/C25H28N2O6S/c1-15-13-18(16(2)27(15)10-6-11-31-3)19(28)14-33-25(30)22-17-7-4-9-21(17)34-24(22)26-23(29)20-8-5-12-32-20/h5,8,12-13H,4,6-7,9-11,14H2,1-3H3,(H,26,29). The number of rotatable bonds is 10. The molecule has 0 bridgehead atoms. The average molecular weight is 485 g/mol. The van der Waals surface area contributed by atoms with Gasteiger partial charge in [-0.2, -0.15) is 0 Å². The van der Waals surface area contributed by atoms with Gasteiger partial charge >= 0.3 is 5.97 Å². The molecule has 3 aromatic rings. The molecule has 0 saturated heterocycles. The predicted molar refractivity (Wildman–Crippen MR) is 128 cm³/mol. The number of esters is 1. The van der Waals surface area contributed by atoms with E-state index < -0.39 is 11.9 Å². The molecule has 8 nitrogen and oxygen atoms in total. The van der Waals surface area contributed by atoms with Crippen LogP contribution in [0.25, 0.3) is 0 Å². The maximum Gasteiger partial charge on any atom is 0.341 e. The van der Waals surface area contributed by atoms with Gasteiger partial charge < -0.3 is 23.8 Å². The maximum atomic E-state index is 13.1. The molecule has 0 atom stereocenters. The number of methoxy groups -OCH3 is 1. The van der Waals surface area contributed by atoms with Crippen molar-refractivity contribution in [1.82, 2.24) is 4.57 Å². The number of amides is 1. The van der Waals surface area contributed by atoms with Crippen LogP contribution in [0, 0.1) is 13.8 Å². The number of aryl methyl sites for hydroxylation is 2. The molecule has 0 spiro atoms. The highest BCUT2D eigenvalue weighted by Crippen LogP contribution is 2.39. The van der Waals surface area contributed by atoms with E-state index in [4.69, 9.17) is 13.9 Å². The van der Waals surface area contributed by atoms with Gasteiger partial charge in [0.05, 0.1) is 11.8 Å². The van der Waals surface area contributed by atoms with Gasteiger partial charge in [-0.15, -0.1) is 11.3 Å². The summed E-state index contributed by atoms with van der Waals surface area (Å²) in [5.41, 5.74) is 3.60. The van der Waals surface area contributed by atoms with E-state index in [2.05, 4.69) is 9.88 Å². The van der Waals surface area contributed by atoms with Gasteiger partial charge in [-0.1, -0.05) is 0 Å². The summed E-state index contributed by atoms with van der Waals surface area (Å²) in [6.45, 7) is 4.87. The van der Waals surface area contributed by atoms with Crippen LogP contribution in [0.2, 0.25) is 0 Å². The quantitative estimate of drug-likeness (QED) is 0.257. The van der Waals surface area contributed by atoms with E-state index in [9.17, 15) is 14.4 Å². The SMILES string of the molecule is COCCCn1c(C)cc(C(=O)COC(=O)c2c(NC(=O)c3ccco3)sc3c2CCC3)c1C. The largest absolute Gasteiger partial charge is 0.459 e. The predicted octanol–water partition coefficient (Wildman–Crippen LogP) is 4.58. The first-order valence-electron chi connectivity index (χ1n) is 11.3. The van der Waals surface area contributed by atoms with E-state index in [0.29, 0.717) is 22.7 Å². The number of anilines is 1. The molecule has 1 aliphatic carbocycles. The summed E-state index contributed by atoms with van der Waals surface area (Å²) in [7, 11) is 1.66. The van der Waals surface area contributed by atoms with Crippen LogP contribution in [0.1, 0.15) is 65.9 Å². The molecule has 34 heavy (non-hydrogen) atoms. The van der Waals surface area contributed by atoms with E-state index in [1.165, 1.54) is 17.6 Å². The number of carbonyl (C=O) groups is 3. The first-order valence-corrected chi connectivity index (χ1v) is 12.1. The molecule has 0 fully saturated rings. The number of hydrogen-bond donors (Lipinski definition) is 1. The highest BCUT2D eigenvalue weighted by atomic mass is 32.1. The fourth-order valence-corrected chi connectivity index (χ4v) is 5.63. The van der Waals surface area contributed by atoms with Crippen LogP contribution in [0.15, 0.2) is 28.9 Å². The second kappa shape index (κ2) is 10.4. The summed E-state index contributed by atoms with van der Waals surface area (Å²) in [4.78, 5) is 39.5. The van der Waals surface area contributed by atoms with Crippen LogP contribution in [0.3, 0.4) is 0 Å². The molecule has 0 radical (unpaired) electrons. The normalized spacial score (nSPS) is 12.6. The molecule has 4 rings (SSSR count). The minimum absolute atomic E-state index is 0.156. The van der Waals surface area contributed by atoms with Gasteiger partial charge in [0, 0.05) is 42.1 Å². The third kappa shape index (κ3) is 4.85. The lowest BCUT2D eigenvalue weighted by molar-refractivity contribution is 0.0475. The molecule has 0 unspecified atom stereocenters. The number of carbonyl (C=O) groups excluding carboxylic acids is 3. The Kier molecular flexibility index (Phi) is 7.33. The zero-order valence-electron chi connectivity index (χ0n) is 19.6. The Hall–Kier alpha value is -3.17. The van der Waals surface area contributed by atoms with Crippen LogP contribution >= 0.6 is 11.3 Å². The van der Waals surface area contributed by atoms with Crippen molar-refractivity contribution in [3.05, 3.63) is 63.2 Å². The van der Waals surface area contributed by atoms with Crippen molar-refractivity contribution in [2.75, 3.05) is 25.6 Å². The Morgan fingerprint density at radius 3 is 2.79 bits per heavy atom. The van der Waals surface area contributed by atoms with Crippen LogP contribution in [0.5, 0.6) is 0 Å². The molecule has 1 aliphatic rings. The number of ketones is 1. The Morgan fingerprint density at radius 2 is 2.06 bits per heavy atom. The van der Waals surface area contributed by atoms with Gasteiger partial charge in [0.2, 0.25) is 5.78 Å². The average Bonchev–Trinajstić information content (AvgIpc) is 3.59. The van der Waals surface area contributed by atoms with Crippen molar-refractivity contribution in [2.45, 2.75) is 46.1 Å². The van der Waals surface area contributed by atoms with Gasteiger partial charge in [0.1, 0.15) is 5.00 Å². The van der Waals surface area contributed by atoms with E-state index >= 15 is 0 Å². The van der Waals surface area contributed by atoms with Crippen molar-refractivity contribution in [1.29, 1.82) is 0 Å². The molecule has 0 saturated carbocycles. The first-order chi connectivity index (χ1) is 16.4. The minimum atomic E-state index is -0.601. The molecule has 1 N–H and O–H groups in total. The number of thiophene rings is 1. The van der Waals surface area contributed by atoms with Crippen molar-refractivity contribution in [2.24, 2.45) is 0 Å². The number of fused-ring (bicyclic) bond motifs is 1.